The van der Waals surface area contributed by atoms with E-state index in [0.717, 1.165) is 0 Å². The fourth-order valence-electron chi connectivity index (χ4n) is 1.29. The zero-order chi connectivity index (χ0) is 13.0. The topological polar surface area (TPSA) is 92.4 Å². The zero-order valence-electron chi connectivity index (χ0n) is 9.24. The minimum atomic E-state index is -1.05. The molecule has 5 nitrogen and oxygen atoms in total. The molecule has 0 radical (unpaired) electrons. The van der Waals surface area contributed by atoms with Gasteiger partial charge in [-0.25, -0.2) is 4.79 Å². The lowest BCUT2D eigenvalue weighted by molar-refractivity contribution is -0.116. The van der Waals surface area contributed by atoms with Gasteiger partial charge in [-0.05, 0) is 25.1 Å². The van der Waals surface area contributed by atoms with E-state index in [1.807, 2.05) is 0 Å². The second-order valence-corrected chi connectivity index (χ2v) is 4.68. The lowest BCUT2D eigenvalue weighted by Gasteiger charge is -2.08. The highest BCUT2D eigenvalue weighted by Crippen LogP contribution is 2.20. The van der Waals surface area contributed by atoms with Gasteiger partial charge < -0.3 is 16.2 Å². The van der Waals surface area contributed by atoms with Crippen molar-refractivity contribution in [1.82, 2.24) is 0 Å². The van der Waals surface area contributed by atoms with Gasteiger partial charge in [-0.3, -0.25) is 4.79 Å². The molecule has 1 unspecified atom stereocenters. The third-order valence-corrected chi connectivity index (χ3v) is 2.39. The standard InChI is InChI=1S/C11H13BrN2O3/c1-6(13)2-10(15)14-9-4-7(11(16)17)3-8(12)5-9/h3-6H,2,13H2,1H3,(H,14,15)(H,16,17). The quantitative estimate of drug-likeness (QED) is 0.791. The number of aromatic carboxylic acids is 1. The number of carboxylic acid groups (broad SMARTS) is 1. The van der Waals surface area contributed by atoms with Crippen molar-refractivity contribution in [3.8, 4) is 0 Å². The van der Waals surface area contributed by atoms with Gasteiger partial charge >= 0.3 is 5.97 Å². The predicted octanol–water partition coefficient (Wildman–Crippen LogP) is 1.82. The molecule has 0 saturated heterocycles. The van der Waals surface area contributed by atoms with E-state index in [4.69, 9.17) is 10.8 Å². The lowest BCUT2D eigenvalue weighted by atomic mass is 10.2. The van der Waals surface area contributed by atoms with Crippen molar-refractivity contribution in [3.05, 3.63) is 28.2 Å². The summed E-state index contributed by atoms with van der Waals surface area (Å²) in [7, 11) is 0. The number of carbonyl (C=O) groups is 2. The van der Waals surface area contributed by atoms with Gasteiger partial charge in [0.2, 0.25) is 5.91 Å². The first-order chi connectivity index (χ1) is 7.88. The largest absolute Gasteiger partial charge is 0.478 e. The average Bonchev–Trinajstić information content (AvgIpc) is 2.14. The van der Waals surface area contributed by atoms with Crippen LogP contribution in [-0.4, -0.2) is 23.0 Å². The monoisotopic (exact) mass is 300 g/mol. The maximum atomic E-state index is 11.5. The number of amides is 1. The van der Waals surface area contributed by atoms with E-state index >= 15 is 0 Å². The highest BCUT2D eigenvalue weighted by Gasteiger charge is 2.09. The first kappa shape index (κ1) is 13.7. The van der Waals surface area contributed by atoms with Gasteiger partial charge in [-0.15, -0.1) is 0 Å². The fourth-order valence-corrected chi connectivity index (χ4v) is 1.78. The van der Waals surface area contributed by atoms with Crippen LogP contribution in [0.15, 0.2) is 22.7 Å². The Balaban J connectivity index is 2.84. The Morgan fingerprint density at radius 3 is 2.65 bits per heavy atom. The molecule has 0 fully saturated rings. The van der Waals surface area contributed by atoms with Crippen molar-refractivity contribution in [2.45, 2.75) is 19.4 Å². The molecule has 0 saturated carbocycles. The van der Waals surface area contributed by atoms with E-state index in [1.165, 1.54) is 12.1 Å². The van der Waals surface area contributed by atoms with Crippen molar-refractivity contribution in [2.75, 3.05) is 5.32 Å². The van der Waals surface area contributed by atoms with E-state index in [9.17, 15) is 9.59 Å². The molecule has 92 valence electrons. The van der Waals surface area contributed by atoms with Crippen molar-refractivity contribution >= 4 is 33.5 Å². The molecule has 4 N–H and O–H groups in total. The molecule has 17 heavy (non-hydrogen) atoms. The van der Waals surface area contributed by atoms with E-state index < -0.39 is 5.97 Å². The molecular weight excluding hydrogens is 288 g/mol. The number of hydrogen-bond acceptors (Lipinski definition) is 3. The van der Waals surface area contributed by atoms with Crippen LogP contribution in [0.25, 0.3) is 0 Å². The van der Waals surface area contributed by atoms with Crippen LogP contribution in [0.1, 0.15) is 23.7 Å². The van der Waals surface area contributed by atoms with E-state index in [-0.39, 0.29) is 23.9 Å². The van der Waals surface area contributed by atoms with Crippen LogP contribution in [0.2, 0.25) is 0 Å². The van der Waals surface area contributed by atoms with Crippen LogP contribution in [0.5, 0.6) is 0 Å². The number of carboxylic acids is 1. The minimum Gasteiger partial charge on any atom is -0.478 e. The Bertz CT molecular complexity index is 446. The molecule has 1 rings (SSSR count). The van der Waals surface area contributed by atoms with Crippen LogP contribution in [0.4, 0.5) is 5.69 Å². The van der Waals surface area contributed by atoms with Gasteiger partial charge in [0.25, 0.3) is 0 Å². The number of carbonyl (C=O) groups excluding carboxylic acids is 1. The molecule has 0 bridgehead atoms. The Kier molecular flexibility index (Phi) is 4.65. The van der Waals surface area contributed by atoms with Crippen LogP contribution < -0.4 is 11.1 Å². The van der Waals surface area contributed by atoms with Crippen LogP contribution >= 0.6 is 15.9 Å². The summed E-state index contributed by atoms with van der Waals surface area (Å²) in [6.45, 7) is 1.73. The van der Waals surface area contributed by atoms with Crippen LogP contribution in [-0.2, 0) is 4.79 Å². The number of rotatable bonds is 4. The summed E-state index contributed by atoms with van der Waals surface area (Å²) in [5, 5.41) is 11.5. The van der Waals surface area contributed by atoms with Crippen molar-refractivity contribution in [2.24, 2.45) is 5.73 Å². The average molecular weight is 301 g/mol. The molecule has 1 atom stereocenters. The number of hydrogen-bond donors (Lipinski definition) is 3. The normalized spacial score (nSPS) is 11.9. The fraction of sp³-hybridized carbons (Fsp3) is 0.273. The van der Waals surface area contributed by atoms with Crippen LogP contribution in [0, 0.1) is 0 Å². The lowest BCUT2D eigenvalue weighted by Crippen LogP contribution is -2.24. The van der Waals surface area contributed by atoms with Gasteiger partial charge in [0.1, 0.15) is 0 Å². The molecule has 0 aliphatic carbocycles. The summed E-state index contributed by atoms with van der Waals surface area (Å²) in [6.07, 6.45) is 0.189. The van der Waals surface area contributed by atoms with Gasteiger partial charge in [0, 0.05) is 22.6 Å². The summed E-state index contributed by atoms with van der Waals surface area (Å²) in [4.78, 5) is 22.3. The second-order valence-electron chi connectivity index (χ2n) is 3.76. The molecule has 0 heterocycles. The summed E-state index contributed by atoms with van der Waals surface area (Å²) < 4.78 is 0.591. The molecule has 0 aliphatic rings. The number of nitrogens with one attached hydrogen (secondary N) is 1. The van der Waals surface area contributed by atoms with Crippen molar-refractivity contribution < 1.29 is 14.7 Å². The Morgan fingerprint density at radius 2 is 2.12 bits per heavy atom. The molecular formula is C11H13BrN2O3. The third kappa shape index (κ3) is 4.54. The van der Waals surface area contributed by atoms with Crippen molar-refractivity contribution in [3.63, 3.8) is 0 Å². The third-order valence-electron chi connectivity index (χ3n) is 1.94. The Labute approximate surface area is 107 Å². The zero-order valence-corrected chi connectivity index (χ0v) is 10.8. The maximum Gasteiger partial charge on any atom is 0.335 e. The SMILES string of the molecule is CC(N)CC(=O)Nc1cc(Br)cc(C(=O)O)c1. The molecule has 0 aromatic heterocycles. The van der Waals surface area contributed by atoms with E-state index in [0.29, 0.717) is 10.2 Å². The summed E-state index contributed by atoms with van der Waals surface area (Å²) in [6, 6.07) is 4.25. The molecule has 1 aromatic rings. The van der Waals surface area contributed by atoms with E-state index in [2.05, 4.69) is 21.2 Å². The highest BCUT2D eigenvalue weighted by atomic mass is 79.9. The Morgan fingerprint density at radius 1 is 1.47 bits per heavy atom. The van der Waals surface area contributed by atoms with Gasteiger partial charge in [0.15, 0.2) is 0 Å². The van der Waals surface area contributed by atoms with E-state index in [1.54, 1.807) is 13.0 Å². The number of nitrogens with two attached hydrogens (primary N) is 1. The molecule has 0 aliphatic heterocycles. The highest BCUT2D eigenvalue weighted by molar-refractivity contribution is 9.10. The smallest absolute Gasteiger partial charge is 0.335 e. The molecule has 0 spiro atoms. The summed E-state index contributed by atoms with van der Waals surface area (Å²) >= 11 is 3.18. The second kappa shape index (κ2) is 5.79. The van der Waals surface area contributed by atoms with Gasteiger partial charge in [-0.1, -0.05) is 15.9 Å². The predicted molar refractivity (Wildman–Crippen MR) is 68.0 cm³/mol. The summed E-state index contributed by atoms with van der Waals surface area (Å²) in [5.41, 5.74) is 6.03. The molecule has 6 heteroatoms. The maximum absolute atomic E-state index is 11.5. The van der Waals surface area contributed by atoms with Crippen LogP contribution in [0.3, 0.4) is 0 Å². The van der Waals surface area contributed by atoms with Gasteiger partial charge in [0.05, 0.1) is 5.56 Å². The minimum absolute atomic E-state index is 0.107. The Hall–Kier alpha value is -1.40. The summed E-state index contributed by atoms with van der Waals surface area (Å²) in [5.74, 6) is -1.29. The first-order valence-electron chi connectivity index (χ1n) is 4.98. The number of benzene rings is 1. The van der Waals surface area contributed by atoms with Gasteiger partial charge in [-0.2, -0.15) is 0 Å². The van der Waals surface area contributed by atoms with Crippen molar-refractivity contribution in [1.29, 1.82) is 0 Å². The molecule has 1 amide bonds. The molecule has 1 aromatic carbocycles. The first-order valence-corrected chi connectivity index (χ1v) is 5.77. The number of halogens is 1. The number of anilines is 1.